The molecule has 1 amide bonds. The van der Waals surface area contributed by atoms with E-state index in [1.54, 1.807) is 0 Å². The van der Waals surface area contributed by atoms with E-state index in [0.29, 0.717) is 5.56 Å². The van der Waals surface area contributed by atoms with Crippen molar-refractivity contribution in [3.63, 3.8) is 0 Å². The van der Waals surface area contributed by atoms with Crippen molar-refractivity contribution in [2.24, 2.45) is 5.73 Å². The van der Waals surface area contributed by atoms with Crippen molar-refractivity contribution in [2.45, 2.75) is 25.2 Å². The molecule has 0 aliphatic carbocycles. The monoisotopic (exact) mass is 511 g/mol. The second-order valence-corrected chi connectivity index (χ2v) is 7.02. The van der Waals surface area contributed by atoms with Gasteiger partial charge in [-0.25, -0.2) is 0 Å². The summed E-state index contributed by atoms with van der Waals surface area (Å²) in [5.74, 6) is -5.39. The summed E-state index contributed by atoms with van der Waals surface area (Å²) in [4.78, 5) is 44.3. The summed E-state index contributed by atoms with van der Waals surface area (Å²) in [6.07, 6.45) is -6.36. The number of aliphatic hydroxyl groups excluding tert-OH is 1. The van der Waals surface area contributed by atoms with Gasteiger partial charge in [-0.2, -0.15) is 13.2 Å². The number of amidine groups is 1. The zero-order valence-electron chi connectivity index (χ0n) is 18.5. The number of carboxylic acid groups (broad SMARTS) is 2. The molecular formula is C22H20F3N3O8-2. The molecule has 194 valence electrons. The fraction of sp³-hybridized carbons (Fsp3) is 0.227. The van der Waals surface area contributed by atoms with Gasteiger partial charge in [-0.05, 0) is 43.3 Å². The number of aliphatic hydroxyl groups is 1. The Labute approximate surface area is 201 Å². The second kappa shape index (κ2) is 12.9. The highest BCUT2D eigenvalue weighted by Gasteiger charge is 2.29. The molecule has 0 radical (unpaired) electrons. The van der Waals surface area contributed by atoms with Crippen LogP contribution in [-0.4, -0.2) is 59.5 Å². The van der Waals surface area contributed by atoms with Crippen molar-refractivity contribution in [1.82, 2.24) is 5.32 Å². The Kier molecular flexibility index (Phi) is 10.6. The molecule has 2 unspecified atom stereocenters. The highest BCUT2D eigenvalue weighted by molar-refractivity contribution is 6.05. The summed E-state index contributed by atoms with van der Waals surface area (Å²) in [5, 5.41) is 39.0. The first kappa shape index (κ1) is 29.6. The predicted molar refractivity (Wildman–Crippen MR) is 113 cm³/mol. The lowest BCUT2D eigenvalue weighted by molar-refractivity contribution is -0.344. The van der Waals surface area contributed by atoms with E-state index in [2.05, 4.69) is 5.32 Å². The van der Waals surface area contributed by atoms with Crippen LogP contribution in [0.25, 0.3) is 0 Å². The van der Waals surface area contributed by atoms with Gasteiger partial charge in [0.2, 0.25) is 0 Å². The van der Waals surface area contributed by atoms with E-state index in [1.165, 1.54) is 55.5 Å². The van der Waals surface area contributed by atoms with Crippen molar-refractivity contribution in [3.05, 3.63) is 65.2 Å². The van der Waals surface area contributed by atoms with Gasteiger partial charge in [0.15, 0.2) is 5.78 Å². The average molecular weight is 511 g/mol. The van der Waals surface area contributed by atoms with Crippen LogP contribution < -0.4 is 26.0 Å². The van der Waals surface area contributed by atoms with Crippen LogP contribution >= 0.6 is 0 Å². The van der Waals surface area contributed by atoms with Gasteiger partial charge < -0.3 is 40.7 Å². The van der Waals surface area contributed by atoms with Gasteiger partial charge in [0.25, 0.3) is 5.91 Å². The fourth-order valence-corrected chi connectivity index (χ4v) is 2.47. The second-order valence-electron chi connectivity index (χ2n) is 7.02. The number of amides is 1. The number of Topliss-reactive ketones (excluding diaryl/α,β-unsaturated/α-hetero) is 1. The molecule has 0 spiro atoms. The first-order chi connectivity index (χ1) is 16.6. The van der Waals surface area contributed by atoms with Crippen molar-refractivity contribution in [1.29, 1.82) is 5.41 Å². The molecule has 2 rings (SSSR count). The number of carbonyl (C=O) groups excluding carboxylic acids is 4. The lowest BCUT2D eigenvalue weighted by atomic mass is 9.99. The molecule has 0 aliphatic rings. The number of aliphatic carboxylic acids is 2. The van der Waals surface area contributed by atoms with E-state index in [-0.39, 0.29) is 22.7 Å². The van der Waals surface area contributed by atoms with Crippen LogP contribution in [0.5, 0.6) is 5.75 Å². The van der Waals surface area contributed by atoms with E-state index < -0.39 is 48.6 Å². The first-order valence-electron chi connectivity index (χ1n) is 9.82. The molecule has 0 heterocycles. The Morgan fingerprint density at radius 2 is 1.44 bits per heavy atom. The first-order valence-corrected chi connectivity index (χ1v) is 9.82. The van der Waals surface area contributed by atoms with E-state index in [4.69, 9.17) is 25.8 Å². The fourth-order valence-electron chi connectivity index (χ4n) is 2.47. The predicted octanol–water partition coefficient (Wildman–Crippen LogP) is -1.24. The van der Waals surface area contributed by atoms with Gasteiger partial charge in [-0.15, -0.1) is 0 Å². The Morgan fingerprint density at radius 3 is 1.83 bits per heavy atom. The van der Waals surface area contributed by atoms with Gasteiger partial charge in [-0.3, -0.25) is 15.0 Å². The largest absolute Gasteiger partial charge is 0.546 e. The molecule has 36 heavy (non-hydrogen) atoms. The minimum absolute atomic E-state index is 0.138. The number of halogens is 3. The van der Waals surface area contributed by atoms with Crippen LogP contribution in [0, 0.1) is 5.41 Å². The third kappa shape index (κ3) is 9.42. The molecule has 2 aromatic rings. The summed E-state index contributed by atoms with van der Waals surface area (Å²) in [5.41, 5.74) is 6.26. The lowest BCUT2D eigenvalue weighted by Gasteiger charge is -2.20. The molecule has 2 aromatic carbocycles. The zero-order chi connectivity index (χ0) is 27.6. The minimum Gasteiger partial charge on any atom is -0.546 e. The number of nitrogens with two attached hydrogens (primary N) is 1. The summed E-state index contributed by atoms with van der Waals surface area (Å²) >= 11 is 0. The number of hydrogen-bond acceptors (Lipinski definition) is 9. The Bertz CT molecular complexity index is 1100. The number of carboxylic acids is 2. The van der Waals surface area contributed by atoms with Gasteiger partial charge in [0.1, 0.15) is 30.2 Å². The number of ketones is 1. The molecule has 0 saturated heterocycles. The van der Waals surface area contributed by atoms with Crippen LogP contribution in [0.3, 0.4) is 0 Å². The van der Waals surface area contributed by atoms with E-state index in [0.717, 1.165) is 0 Å². The molecule has 0 bridgehead atoms. The molecule has 2 atom stereocenters. The third-order valence-electron chi connectivity index (χ3n) is 4.24. The lowest BCUT2D eigenvalue weighted by Crippen LogP contribution is -2.47. The van der Waals surface area contributed by atoms with Crippen LogP contribution in [0.2, 0.25) is 0 Å². The molecule has 11 nitrogen and oxygen atoms in total. The topological polar surface area (TPSA) is 206 Å². The number of benzene rings is 2. The summed E-state index contributed by atoms with van der Waals surface area (Å²) in [6, 6.07) is 10.3. The molecule has 0 aliphatic heterocycles. The highest BCUT2D eigenvalue weighted by atomic mass is 19.4. The van der Waals surface area contributed by atoms with Gasteiger partial charge in [0.05, 0.1) is 12.1 Å². The number of nitrogens with one attached hydrogen (secondary N) is 2. The number of ether oxygens (including phenoxy) is 1. The summed E-state index contributed by atoms with van der Waals surface area (Å²) in [6.45, 7) is 0.751. The average Bonchev–Trinajstić information content (AvgIpc) is 2.80. The SMILES string of the molecule is CC(O)C(NC(=O)c1ccc(C(=N)N)cc1)C(=O)c1ccc(OCC(=O)[O-])cc1.O=C([O-])C(F)(F)F. The highest BCUT2D eigenvalue weighted by Crippen LogP contribution is 2.15. The van der Waals surface area contributed by atoms with E-state index >= 15 is 0 Å². The molecular weight excluding hydrogens is 491 g/mol. The quantitative estimate of drug-likeness (QED) is 0.180. The smallest absolute Gasteiger partial charge is 0.430 e. The van der Waals surface area contributed by atoms with Crippen LogP contribution in [0.1, 0.15) is 33.2 Å². The third-order valence-corrected chi connectivity index (χ3v) is 4.24. The standard InChI is InChI=1S/C20H21N3O6.C2HF3O2/c1-11(24)17(23-20(28)14-4-2-13(3-5-14)19(21)22)18(27)12-6-8-15(9-7-12)29-10-16(25)26;3-2(4,5)1(6)7/h2-9,11,17,24H,10H2,1H3,(H3,21,22)(H,23,28)(H,25,26);(H,6,7)/p-2. The van der Waals surface area contributed by atoms with Crippen molar-refractivity contribution in [2.75, 3.05) is 6.61 Å². The molecule has 0 aromatic heterocycles. The van der Waals surface area contributed by atoms with Gasteiger partial charge in [-0.1, -0.05) is 12.1 Å². The Morgan fingerprint density at radius 1 is 1.00 bits per heavy atom. The number of nitrogen functional groups attached to an aromatic ring is 1. The Balaban J connectivity index is 0.000000809. The number of rotatable bonds is 9. The summed E-state index contributed by atoms with van der Waals surface area (Å²) in [7, 11) is 0. The van der Waals surface area contributed by atoms with Gasteiger partial charge >= 0.3 is 6.18 Å². The van der Waals surface area contributed by atoms with Crippen LogP contribution in [0.15, 0.2) is 48.5 Å². The zero-order valence-corrected chi connectivity index (χ0v) is 18.5. The molecule has 5 N–H and O–H groups in total. The molecule has 0 fully saturated rings. The van der Waals surface area contributed by atoms with E-state index in [9.17, 15) is 37.8 Å². The number of hydrogen-bond donors (Lipinski definition) is 4. The van der Waals surface area contributed by atoms with Crippen molar-refractivity contribution >= 4 is 29.5 Å². The molecule has 0 saturated carbocycles. The Hall–Kier alpha value is -4.46. The number of carbonyl (C=O) groups is 4. The van der Waals surface area contributed by atoms with Crippen molar-refractivity contribution < 1.29 is 52.4 Å². The van der Waals surface area contributed by atoms with Crippen LogP contribution in [-0.2, 0) is 9.59 Å². The number of alkyl halides is 3. The minimum atomic E-state index is -5.19. The maximum atomic E-state index is 12.7. The van der Waals surface area contributed by atoms with E-state index in [1.807, 2.05) is 0 Å². The van der Waals surface area contributed by atoms with Crippen LogP contribution in [0.4, 0.5) is 13.2 Å². The maximum absolute atomic E-state index is 12.7. The van der Waals surface area contributed by atoms with Gasteiger partial charge in [0, 0.05) is 16.7 Å². The van der Waals surface area contributed by atoms with Crippen molar-refractivity contribution in [3.8, 4) is 5.75 Å². The molecule has 14 heteroatoms. The normalized spacial score (nSPS) is 12.2. The maximum Gasteiger partial charge on any atom is 0.430 e. The summed E-state index contributed by atoms with van der Waals surface area (Å²) < 4.78 is 36.5.